The first-order valence-corrected chi connectivity index (χ1v) is 4.23. The highest BCUT2D eigenvalue weighted by Gasteiger charge is 2.21. The molecule has 2 N–H and O–H groups in total. The van der Waals surface area contributed by atoms with Crippen LogP contribution >= 0.6 is 0 Å². The molecule has 2 heteroatoms. The van der Waals surface area contributed by atoms with Crippen LogP contribution in [-0.2, 0) is 6.42 Å². The lowest BCUT2D eigenvalue weighted by Gasteiger charge is -2.04. The van der Waals surface area contributed by atoms with Gasteiger partial charge in [0.1, 0.15) is 11.9 Å². The predicted molar refractivity (Wildman–Crippen MR) is 49.4 cm³/mol. The third kappa shape index (κ3) is 0.951. The van der Waals surface area contributed by atoms with Gasteiger partial charge in [-0.2, -0.15) is 0 Å². The molecule has 64 valence electrons. The number of hydrogen-bond acceptors (Lipinski definition) is 2. The van der Waals surface area contributed by atoms with Gasteiger partial charge in [0.2, 0.25) is 0 Å². The van der Waals surface area contributed by atoms with Crippen LogP contribution in [0.1, 0.15) is 18.1 Å². The molecule has 0 aliphatic carbocycles. The lowest BCUT2D eigenvalue weighted by molar-refractivity contribution is 0.254. The van der Waals surface area contributed by atoms with Gasteiger partial charge in [0.15, 0.2) is 0 Å². The first-order valence-electron chi connectivity index (χ1n) is 4.23. The number of benzene rings is 1. The van der Waals surface area contributed by atoms with Crippen LogP contribution in [0.2, 0.25) is 0 Å². The van der Waals surface area contributed by atoms with Crippen LogP contribution in [0.4, 0.5) is 5.69 Å². The van der Waals surface area contributed by atoms with Crippen LogP contribution in [0.25, 0.3) is 0 Å². The third-order valence-corrected chi connectivity index (χ3v) is 2.42. The number of nitrogens with two attached hydrogens (primary N) is 1. The van der Waals surface area contributed by atoms with Gasteiger partial charge in [0.05, 0.1) is 0 Å². The molecule has 0 unspecified atom stereocenters. The van der Waals surface area contributed by atoms with E-state index in [1.165, 1.54) is 11.1 Å². The Morgan fingerprint density at radius 3 is 3.00 bits per heavy atom. The van der Waals surface area contributed by atoms with Crippen LogP contribution < -0.4 is 10.5 Å². The molecule has 0 amide bonds. The Kier molecular flexibility index (Phi) is 1.50. The molecule has 0 saturated heterocycles. The van der Waals surface area contributed by atoms with E-state index < -0.39 is 0 Å². The van der Waals surface area contributed by atoms with Gasteiger partial charge in [-0.05, 0) is 31.5 Å². The van der Waals surface area contributed by atoms with Gasteiger partial charge in [0.25, 0.3) is 0 Å². The van der Waals surface area contributed by atoms with Crippen molar-refractivity contribution in [3.05, 3.63) is 23.3 Å². The summed E-state index contributed by atoms with van der Waals surface area (Å²) in [6, 6.07) is 3.87. The van der Waals surface area contributed by atoms with Gasteiger partial charge in [-0.1, -0.05) is 0 Å². The molecule has 0 saturated carbocycles. The number of hydrogen-bond donors (Lipinski definition) is 1. The standard InChI is InChI=1S/C10H13NO/c1-6-5-8-7(2)9(11)3-4-10(8)12-6/h3-4,6H,5,11H2,1-2H3/t6-/m1/s1. The van der Waals surface area contributed by atoms with Crippen LogP contribution in [-0.4, -0.2) is 6.10 Å². The van der Waals surface area contributed by atoms with Gasteiger partial charge < -0.3 is 10.5 Å². The van der Waals surface area contributed by atoms with Gasteiger partial charge in [-0.25, -0.2) is 0 Å². The van der Waals surface area contributed by atoms with Gasteiger partial charge in [-0.15, -0.1) is 0 Å². The molecular weight excluding hydrogens is 150 g/mol. The molecule has 2 rings (SSSR count). The Balaban J connectivity index is 2.54. The Bertz CT molecular complexity index is 320. The highest BCUT2D eigenvalue weighted by molar-refractivity contribution is 5.57. The zero-order valence-corrected chi connectivity index (χ0v) is 7.42. The quantitative estimate of drug-likeness (QED) is 0.593. The normalized spacial score (nSPS) is 20.3. The minimum atomic E-state index is 0.306. The molecule has 0 radical (unpaired) electrons. The van der Waals surface area contributed by atoms with E-state index in [1.807, 2.05) is 12.1 Å². The second-order valence-electron chi connectivity index (χ2n) is 3.39. The van der Waals surface area contributed by atoms with Crippen molar-refractivity contribution >= 4 is 5.69 Å². The number of anilines is 1. The summed E-state index contributed by atoms with van der Waals surface area (Å²) >= 11 is 0. The molecule has 1 aliphatic rings. The summed E-state index contributed by atoms with van der Waals surface area (Å²) in [4.78, 5) is 0. The zero-order valence-electron chi connectivity index (χ0n) is 7.42. The second kappa shape index (κ2) is 2.41. The lowest BCUT2D eigenvalue weighted by atomic mass is 10.0. The SMILES string of the molecule is Cc1c(N)ccc2c1C[C@@H](C)O2. The molecule has 2 nitrogen and oxygen atoms in total. The number of nitrogen functional groups attached to an aromatic ring is 1. The monoisotopic (exact) mass is 163 g/mol. The van der Waals surface area contributed by atoms with E-state index in [2.05, 4.69) is 13.8 Å². The fraction of sp³-hybridized carbons (Fsp3) is 0.400. The molecule has 1 aromatic rings. The van der Waals surface area contributed by atoms with Gasteiger partial charge in [0, 0.05) is 17.7 Å². The van der Waals surface area contributed by atoms with E-state index >= 15 is 0 Å². The highest BCUT2D eigenvalue weighted by atomic mass is 16.5. The van der Waals surface area contributed by atoms with E-state index in [4.69, 9.17) is 10.5 Å². The topological polar surface area (TPSA) is 35.2 Å². The number of ether oxygens (including phenoxy) is 1. The largest absolute Gasteiger partial charge is 0.490 e. The third-order valence-electron chi connectivity index (χ3n) is 2.42. The fourth-order valence-electron chi connectivity index (χ4n) is 1.66. The summed E-state index contributed by atoms with van der Waals surface area (Å²) in [5, 5.41) is 0. The molecule has 1 heterocycles. The molecule has 0 aromatic heterocycles. The maximum atomic E-state index is 5.78. The number of rotatable bonds is 0. The Hall–Kier alpha value is -1.18. The first-order chi connectivity index (χ1) is 5.68. The maximum Gasteiger partial charge on any atom is 0.123 e. The first kappa shape index (κ1) is 7.47. The molecular formula is C10H13NO. The van der Waals surface area contributed by atoms with Crippen molar-refractivity contribution in [2.75, 3.05) is 5.73 Å². The van der Waals surface area contributed by atoms with E-state index in [1.54, 1.807) is 0 Å². The molecule has 0 bridgehead atoms. The van der Waals surface area contributed by atoms with Crippen molar-refractivity contribution in [2.24, 2.45) is 0 Å². The minimum Gasteiger partial charge on any atom is -0.490 e. The molecule has 1 atom stereocenters. The van der Waals surface area contributed by atoms with Crippen LogP contribution in [0.3, 0.4) is 0 Å². The van der Waals surface area contributed by atoms with Crippen molar-refractivity contribution < 1.29 is 4.74 Å². The summed E-state index contributed by atoms with van der Waals surface area (Å²) in [5.74, 6) is 1.01. The smallest absolute Gasteiger partial charge is 0.123 e. The van der Waals surface area contributed by atoms with Gasteiger partial charge >= 0.3 is 0 Å². The fourth-order valence-corrected chi connectivity index (χ4v) is 1.66. The molecule has 1 aromatic carbocycles. The van der Waals surface area contributed by atoms with Crippen LogP contribution in [0.15, 0.2) is 12.1 Å². The summed E-state index contributed by atoms with van der Waals surface area (Å²) < 4.78 is 5.59. The van der Waals surface area contributed by atoms with Crippen LogP contribution in [0, 0.1) is 6.92 Å². The summed E-state index contributed by atoms with van der Waals surface area (Å²) in [6.45, 7) is 4.13. The van der Waals surface area contributed by atoms with Crippen molar-refractivity contribution in [3.8, 4) is 5.75 Å². The zero-order chi connectivity index (χ0) is 8.72. The average Bonchev–Trinajstić information content (AvgIpc) is 2.39. The summed E-state index contributed by atoms with van der Waals surface area (Å²) in [6.07, 6.45) is 1.30. The highest BCUT2D eigenvalue weighted by Crippen LogP contribution is 2.33. The number of fused-ring (bicyclic) bond motifs is 1. The summed E-state index contributed by atoms with van der Waals surface area (Å²) in [7, 11) is 0. The Morgan fingerprint density at radius 2 is 2.25 bits per heavy atom. The van der Waals surface area contributed by atoms with Gasteiger partial charge in [-0.3, -0.25) is 0 Å². The predicted octanol–water partition coefficient (Wildman–Crippen LogP) is 1.90. The van der Waals surface area contributed by atoms with Crippen molar-refractivity contribution in [1.82, 2.24) is 0 Å². The van der Waals surface area contributed by atoms with E-state index in [0.29, 0.717) is 6.10 Å². The Morgan fingerprint density at radius 1 is 1.50 bits per heavy atom. The van der Waals surface area contributed by atoms with Crippen LogP contribution in [0.5, 0.6) is 5.75 Å². The molecule has 12 heavy (non-hydrogen) atoms. The lowest BCUT2D eigenvalue weighted by Crippen LogP contribution is -2.05. The second-order valence-corrected chi connectivity index (χ2v) is 3.39. The summed E-state index contributed by atoms with van der Waals surface area (Å²) in [5.41, 5.74) is 9.11. The average molecular weight is 163 g/mol. The van der Waals surface area contributed by atoms with E-state index in [0.717, 1.165) is 17.9 Å². The maximum absolute atomic E-state index is 5.78. The van der Waals surface area contributed by atoms with Crippen molar-refractivity contribution in [1.29, 1.82) is 0 Å². The van der Waals surface area contributed by atoms with E-state index in [9.17, 15) is 0 Å². The minimum absolute atomic E-state index is 0.306. The molecule has 0 spiro atoms. The van der Waals surface area contributed by atoms with Crippen molar-refractivity contribution in [3.63, 3.8) is 0 Å². The van der Waals surface area contributed by atoms with Crippen molar-refractivity contribution in [2.45, 2.75) is 26.4 Å². The molecule has 0 fully saturated rings. The molecule has 1 aliphatic heterocycles. The Labute approximate surface area is 72.3 Å². The van der Waals surface area contributed by atoms with E-state index in [-0.39, 0.29) is 0 Å².